The second kappa shape index (κ2) is 8.59. The highest BCUT2D eigenvalue weighted by atomic mass is 32.1. The number of imidazole rings is 1. The van der Waals surface area contributed by atoms with Gasteiger partial charge in [-0.25, -0.2) is 9.97 Å². The molecule has 0 unspecified atom stereocenters. The van der Waals surface area contributed by atoms with E-state index < -0.39 is 0 Å². The first-order valence-electron chi connectivity index (χ1n) is 8.52. The number of carbonyl (C=O) groups is 1. The lowest BCUT2D eigenvalue weighted by Gasteiger charge is -2.07. The maximum Gasteiger partial charge on any atom is 0.228 e. The van der Waals surface area contributed by atoms with Crippen molar-refractivity contribution >= 4 is 28.1 Å². The summed E-state index contributed by atoms with van der Waals surface area (Å²) in [4.78, 5) is 25.8. The van der Waals surface area contributed by atoms with Crippen LogP contribution in [0.4, 0.5) is 5.13 Å². The van der Waals surface area contributed by atoms with Crippen LogP contribution in [-0.2, 0) is 23.3 Å². The van der Waals surface area contributed by atoms with Crippen molar-refractivity contribution in [3.63, 3.8) is 0 Å². The van der Waals surface area contributed by atoms with E-state index in [4.69, 9.17) is 4.84 Å². The number of nitrogens with zero attached hydrogens (tertiary/aromatic N) is 4. The van der Waals surface area contributed by atoms with Gasteiger partial charge in [-0.15, -0.1) is 11.3 Å². The number of hydrogen-bond acceptors (Lipinski definition) is 6. The molecule has 2 aromatic heterocycles. The van der Waals surface area contributed by atoms with Crippen LogP contribution in [-0.4, -0.2) is 26.2 Å². The minimum absolute atomic E-state index is 0.0580. The molecule has 0 spiro atoms. The molecule has 2 heterocycles. The van der Waals surface area contributed by atoms with Gasteiger partial charge >= 0.3 is 0 Å². The van der Waals surface area contributed by atoms with Gasteiger partial charge in [-0.2, -0.15) is 0 Å². The molecule has 3 aromatic rings. The number of rotatable bonds is 7. The van der Waals surface area contributed by atoms with E-state index in [1.54, 1.807) is 12.5 Å². The van der Waals surface area contributed by atoms with Crippen molar-refractivity contribution in [3.05, 3.63) is 65.2 Å². The second-order valence-corrected chi connectivity index (χ2v) is 7.12. The van der Waals surface area contributed by atoms with E-state index in [1.165, 1.54) is 11.3 Å². The molecule has 0 radical (unpaired) electrons. The van der Waals surface area contributed by atoms with Crippen molar-refractivity contribution in [2.75, 3.05) is 5.32 Å². The van der Waals surface area contributed by atoms with Crippen molar-refractivity contribution in [2.24, 2.45) is 18.1 Å². The predicted molar refractivity (Wildman–Crippen MR) is 106 cm³/mol. The zero-order valence-corrected chi connectivity index (χ0v) is 16.2. The molecule has 7 nitrogen and oxygen atoms in total. The zero-order chi connectivity index (χ0) is 19.2. The van der Waals surface area contributed by atoms with Crippen LogP contribution in [0.1, 0.15) is 30.8 Å². The van der Waals surface area contributed by atoms with Gasteiger partial charge in [0.2, 0.25) is 5.91 Å². The maximum atomic E-state index is 11.7. The summed E-state index contributed by atoms with van der Waals surface area (Å²) in [7, 11) is 1.91. The molecule has 0 bridgehead atoms. The topological polar surface area (TPSA) is 81.4 Å². The molecule has 0 aliphatic heterocycles. The molecule has 1 amide bonds. The van der Waals surface area contributed by atoms with Gasteiger partial charge in [0.15, 0.2) is 11.7 Å². The van der Waals surface area contributed by atoms with Crippen molar-refractivity contribution < 1.29 is 9.63 Å². The fourth-order valence-corrected chi connectivity index (χ4v) is 2.97. The van der Waals surface area contributed by atoms with Crippen LogP contribution >= 0.6 is 11.3 Å². The van der Waals surface area contributed by atoms with Crippen molar-refractivity contribution in [2.45, 2.75) is 20.5 Å². The van der Waals surface area contributed by atoms with Crippen molar-refractivity contribution in [1.82, 2.24) is 14.5 Å². The molecule has 27 heavy (non-hydrogen) atoms. The molecule has 0 aliphatic carbocycles. The number of oxime groups is 1. The number of amides is 1. The Labute approximate surface area is 161 Å². The van der Waals surface area contributed by atoms with Crippen LogP contribution in [0.25, 0.3) is 0 Å². The summed E-state index contributed by atoms with van der Waals surface area (Å²) in [5.74, 6) is -0.150. The Balaban J connectivity index is 1.72. The van der Waals surface area contributed by atoms with Crippen LogP contribution < -0.4 is 5.32 Å². The number of anilines is 1. The Morgan fingerprint density at radius 1 is 1.33 bits per heavy atom. The third kappa shape index (κ3) is 4.79. The molecule has 1 aromatic carbocycles. The lowest BCUT2D eigenvalue weighted by Crippen LogP contribution is -2.17. The van der Waals surface area contributed by atoms with Gasteiger partial charge in [0.25, 0.3) is 0 Å². The number of nitrogens with one attached hydrogen (secondary N) is 1. The number of aryl methyl sites for hydroxylation is 1. The molecular formula is C19H21N5O2S. The normalized spacial score (nSPS) is 11.6. The smallest absolute Gasteiger partial charge is 0.228 e. The molecule has 0 aliphatic rings. The zero-order valence-electron chi connectivity index (χ0n) is 15.4. The average Bonchev–Trinajstić information content (AvgIpc) is 3.28. The highest BCUT2D eigenvalue weighted by Gasteiger charge is 2.13. The van der Waals surface area contributed by atoms with E-state index >= 15 is 0 Å². The van der Waals surface area contributed by atoms with Gasteiger partial charge in [-0.1, -0.05) is 49.3 Å². The van der Waals surface area contributed by atoms with Gasteiger partial charge in [-0.05, 0) is 0 Å². The summed E-state index contributed by atoms with van der Waals surface area (Å²) in [6.07, 6.45) is 3.47. The lowest BCUT2D eigenvalue weighted by atomic mass is 10.1. The van der Waals surface area contributed by atoms with Gasteiger partial charge in [0.1, 0.15) is 5.71 Å². The molecule has 0 saturated carbocycles. The standard InChI is InChI=1S/C19H21N5O2S/c1-13(2)18(25)22-19-21-15(11-27-19)10-26-23-17(14-7-5-4-6-8-14)16-9-20-12-24(16)3/h4-9,11-13H,10H2,1-3H3,(H,21,22,25)/b23-17-. The Morgan fingerprint density at radius 3 is 2.78 bits per heavy atom. The molecule has 1 N–H and O–H groups in total. The monoisotopic (exact) mass is 383 g/mol. The summed E-state index contributed by atoms with van der Waals surface area (Å²) in [6.45, 7) is 3.89. The SMILES string of the molecule is CC(C)C(=O)Nc1nc(CO/N=C(/c2ccccc2)c2cncn2C)cs1. The Bertz CT molecular complexity index is 930. The van der Waals surface area contributed by atoms with E-state index in [9.17, 15) is 4.79 Å². The van der Waals surface area contributed by atoms with Crippen LogP contribution in [0.5, 0.6) is 0 Å². The first-order chi connectivity index (χ1) is 13.0. The second-order valence-electron chi connectivity index (χ2n) is 6.26. The van der Waals surface area contributed by atoms with Gasteiger partial charge in [0, 0.05) is 23.9 Å². The minimum atomic E-state index is -0.0921. The van der Waals surface area contributed by atoms with Crippen LogP contribution in [0.3, 0.4) is 0 Å². The van der Waals surface area contributed by atoms with E-state index in [0.29, 0.717) is 16.5 Å². The fraction of sp³-hybridized carbons (Fsp3) is 0.263. The summed E-state index contributed by atoms with van der Waals surface area (Å²) in [5, 5.41) is 9.51. The number of carbonyl (C=O) groups excluding carboxylic acids is 1. The first-order valence-corrected chi connectivity index (χ1v) is 9.40. The largest absolute Gasteiger partial charge is 0.389 e. The van der Waals surface area contributed by atoms with Crippen LogP contribution in [0.15, 0.2) is 53.4 Å². The first kappa shape index (κ1) is 18.8. The van der Waals surface area contributed by atoms with E-state index in [1.807, 2.05) is 61.2 Å². The lowest BCUT2D eigenvalue weighted by molar-refractivity contribution is -0.118. The maximum absolute atomic E-state index is 11.7. The van der Waals surface area contributed by atoms with Gasteiger partial charge < -0.3 is 14.7 Å². The highest BCUT2D eigenvalue weighted by Crippen LogP contribution is 2.17. The average molecular weight is 383 g/mol. The minimum Gasteiger partial charge on any atom is -0.389 e. The van der Waals surface area contributed by atoms with Gasteiger partial charge in [0.05, 0.1) is 23.9 Å². The van der Waals surface area contributed by atoms with E-state index in [0.717, 1.165) is 11.3 Å². The molecule has 8 heteroatoms. The molecule has 0 saturated heterocycles. The molecule has 0 atom stereocenters. The Kier molecular flexibility index (Phi) is 5.97. The Morgan fingerprint density at radius 2 is 2.11 bits per heavy atom. The summed E-state index contributed by atoms with van der Waals surface area (Å²) < 4.78 is 1.89. The highest BCUT2D eigenvalue weighted by molar-refractivity contribution is 7.13. The number of thiazole rings is 1. The third-order valence-electron chi connectivity index (χ3n) is 3.78. The van der Waals surface area contributed by atoms with E-state index in [2.05, 4.69) is 20.4 Å². The van der Waals surface area contributed by atoms with Crippen molar-refractivity contribution in [3.8, 4) is 0 Å². The molecule has 140 valence electrons. The van der Waals surface area contributed by atoms with E-state index in [-0.39, 0.29) is 18.4 Å². The van der Waals surface area contributed by atoms with Crippen LogP contribution in [0.2, 0.25) is 0 Å². The molecular weight excluding hydrogens is 362 g/mol. The fourth-order valence-electron chi connectivity index (χ4n) is 2.27. The molecule has 0 fully saturated rings. The van der Waals surface area contributed by atoms with Crippen molar-refractivity contribution in [1.29, 1.82) is 0 Å². The molecule has 3 rings (SSSR count). The summed E-state index contributed by atoms with van der Waals surface area (Å²) in [5.41, 5.74) is 3.19. The number of benzene rings is 1. The predicted octanol–water partition coefficient (Wildman–Crippen LogP) is 3.44. The number of aromatic nitrogens is 3. The van der Waals surface area contributed by atoms with Gasteiger partial charge in [-0.3, -0.25) is 4.79 Å². The Hall–Kier alpha value is -3.00. The quantitative estimate of drug-likeness (QED) is 0.500. The summed E-state index contributed by atoms with van der Waals surface area (Å²) in [6, 6.07) is 9.79. The third-order valence-corrected chi connectivity index (χ3v) is 4.59. The summed E-state index contributed by atoms with van der Waals surface area (Å²) >= 11 is 1.37. The number of hydrogen-bond donors (Lipinski definition) is 1. The van der Waals surface area contributed by atoms with Crippen LogP contribution in [0, 0.1) is 5.92 Å².